The van der Waals surface area contributed by atoms with E-state index in [0.29, 0.717) is 12.0 Å². The number of hydrogen-bond acceptors (Lipinski definition) is 3. The molecule has 0 radical (unpaired) electrons. The van der Waals surface area contributed by atoms with Crippen LogP contribution in [-0.2, 0) is 11.2 Å². The molecule has 0 unspecified atom stereocenters. The van der Waals surface area contributed by atoms with Gasteiger partial charge in [0.15, 0.2) is 0 Å². The van der Waals surface area contributed by atoms with Crippen molar-refractivity contribution in [2.24, 2.45) is 0 Å². The number of hydrogen-bond donors (Lipinski definition) is 1. The average Bonchev–Trinajstić information content (AvgIpc) is 2.09. The van der Waals surface area contributed by atoms with Gasteiger partial charge in [-0.2, -0.15) is 0 Å². The SMILES string of the molecule is Cc1ccc(O)c2c1CC(C)(C)OC2=O. The summed E-state index contributed by atoms with van der Waals surface area (Å²) >= 11 is 0. The van der Waals surface area contributed by atoms with Crippen LogP contribution in [0.1, 0.15) is 35.3 Å². The zero-order valence-electron chi connectivity index (χ0n) is 9.13. The molecule has 0 aliphatic carbocycles. The lowest BCUT2D eigenvalue weighted by atomic mass is 9.88. The molecule has 0 spiro atoms. The van der Waals surface area contributed by atoms with Gasteiger partial charge in [0, 0.05) is 6.42 Å². The molecule has 15 heavy (non-hydrogen) atoms. The minimum atomic E-state index is -0.483. The molecule has 0 bridgehead atoms. The molecule has 3 nitrogen and oxygen atoms in total. The highest BCUT2D eigenvalue weighted by Crippen LogP contribution is 2.34. The molecule has 1 heterocycles. The van der Waals surface area contributed by atoms with Crippen LogP contribution >= 0.6 is 0 Å². The summed E-state index contributed by atoms with van der Waals surface area (Å²) in [5.74, 6) is -0.418. The molecule has 3 heteroatoms. The van der Waals surface area contributed by atoms with Crippen LogP contribution in [0, 0.1) is 6.92 Å². The summed E-state index contributed by atoms with van der Waals surface area (Å²) in [6.45, 7) is 5.68. The summed E-state index contributed by atoms with van der Waals surface area (Å²) in [7, 11) is 0. The summed E-state index contributed by atoms with van der Waals surface area (Å²) in [5, 5.41) is 9.62. The Morgan fingerprint density at radius 1 is 1.40 bits per heavy atom. The highest BCUT2D eigenvalue weighted by molar-refractivity contribution is 5.95. The van der Waals surface area contributed by atoms with E-state index in [2.05, 4.69) is 0 Å². The first-order chi connectivity index (χ1) is 6.91. The van der Waals surface area contributed by atoms with E-state index < -0.39 is 11.6 Å². The normalized spacial score (nSPS) is 18.2. The van der Waals surface area contributed by atoms with Gasteiger partial charge in [0.25, 0.3) is 0 Å². The Hall–Kier alpha value is -1.51. The zero-order valence-corrected chi connectivity index (χ0v) is 9.13. The summed E-state index contributed by atoms with van der Waals surface area (Å²) in [6, 6.07) is 3.36. The van der Waals surface area contributed by atoms with Gasteiger partial charge in [-0.25, -0.2) is 4.79 Å². The lowest BCUT2D eigenvalue weighted by Crippen LogP contribution is -2.36. The Bertz CT molecular complexity index is 433. The monoisotopic (exact) mass is 206 g/mol. The highest BCUT2D eigenvalue weighted by atomic mass is 16.6. The first kappa shape index (κ1) is 10.0. The number of carbonyl (C=O) groups is 1. The average molecular weight is 206 g/mol. The molecule has 1 aromatic rings. The Morgan fingerprint density at radius 2 is 2.07 bits per heavy atom. The standard InChI is InChI=1S/C12H14O3/c1-7-4-5-9(13)10-8(7)6-12(2,3)15-11(10)14/h4-5,13H,6H2,1-3H3. The fraction of sp³-hybridized carbons (Fsp3) is 0.417. The van der Waals surface area contributed by atoms with Crippen molar-refractivity contribution in [2.75, 3.05) is 0 Å². The maximum Gasteiger partial charge on any atom is 0.342 e. The predicted octanol–water partition coefficient (Wildman–Crippen LogP) is 2.19. The second-order valence-electron chi connectivity index (χ2n) is 4.58. The fourth-order valence-electron chi connectivity index (χ4n) is 1.96. The van der Waals surface area contributed by atoms with Crippen molar-refractivity contribution in [3.8, 4) is 5.75 Å². The van der Waals surface area contributed by atoms with Crippen molar-refractivity contribution in [3.05, 3.63) is 28.8 Å². The number of benzene rings is 1. The Morgan fingerprint density at radius 3 is 2.73 bits per heavy atom. The van der Waals surface area contributed by atoms with Crippen molar-refractivity contribution in [1.29, 1.82) is 0 Å². The van der Waals surface area contributed by atoms with Crippen molar-refractivity contribution < 1.29 is 14.6 Å². The number of carbonyl (C=O) groups excluding carboxylic acids is 1. The number of rotatable bonds is 0. The van der Waals surface area contributed by atoms with Gasteiger partial charge in [0.2, 0.25) is 0 Å². The molecule has 0 atom stereocenters. The molecule has 1 aliphatic rings. The molecular weight excluding hydrogens is 192 g/mol. The van der Waals surface area contributed by atoms with Gasteiger partial charge in [0.05, 0.1) is 0 Å². The lowest BCUT2D eigenvalue weighted by molar-refractivity contribution is -0.00697. The molecule has 1 aliphatic heterocycles. The number of cyclic esters (lactones) is 1. The minimum absolute atomic E-state index is 0.0103. The fourth-order valence-corrected chi connectivity index (χ4v) is 1.96. The molecule has 0 amide bonds. The summed E-state index contributed by atoms with van der Waals surface area (Å²) in [5.41, 5.74) is 1.76. The number of aromatic hydroxyl groups is 1. The molecule has 1 N–H and O–H groups in total. The summed E-state index contributed by atoms with van der Waals surface area (Å²) in [6.07, 6.45) is 0.647. The summed E-state index contributed by atoms with van der Waals surface area (Å²) in [4.78, 5) is 11.7. The van der Waals surface area contributed by atoms with Crippen LogP contribution in [0.4, 0.5) is 0 Å². The lowest BCUT2D eigenvalue weighted by Gasteiger charge is -2.32. The van der Waals surface area contributed by atoms with Crippen LogP contribution in [0.25, 0.3) is 0 Å². The molecule has 2 rings (SSSR count). The van der Waals surface area contributed by atoms with Crippen molar-refractivity contribution in [2.45, 2.75) is 32.8 Å². The Kier molecular flexibility index (Phi) is 2.00. The summed E-state index contributed by atoms with van der Waals surface area (Å²) < 4.78 is 5.24. The number of aryl methyl sites for hydroxylation is 1. The largest absolute Gasteiger partial charge is 0.507 e. The molecule has 0 aromatic heterocycles. The van der Waals surface area contributed by atoms with Gasteiger partial charge in [-0.1, -0.05) is 6.07 Å². The van der Waals surface area contributed by atoms with E-state index in [4.69, 9.17) is 4.74 Å². The molecule has 0 fully saturated rings. The van der Waals surface area contributed by atoms with Gasteiger partial charge in [-0.15, -0.1) is 0 Å². The van der Waals surface area contributed by atoms with Gasteiger partial charge in [0.1, 0.15) is 16.9 Å². The first-order valence-electron chi connectivity index (χ1n) is 4.95. The number of esters is 1. The van der Waals surface area contributed by atoms with Crippen LogP contribution in [0.15, 0.2) is 12.1 Å². The Labute approximate surface area is 88.7 Å². The van der Waals surface area contributed by atoms with Crippen molar-refractivity contribution >= 4 is 5.97 Å². The van der Waals surface area contributed by atoms with Crippen LogP contribution in [0.2, 0.25) is 0 Å². The maximum absolute atomic E-state index is 11.7. The van der Waals surface area contributed by atoms with E-state index in [0.717, 1.165) is 11.1 Å². The maximum atomic E-state index is 11.7. The Balaban J connectivity index is 2.64. The van der Waals surface area contributed by atoms with Gasteiger partial charge in [-0.05, 0) is 38.0 Å². The third-order valence-corrected chi connectivity index (χ3v) is 2.70. The van der Waals surface area contributed by atoms with E-state index in [1.165, 1.54) is 6.07 Å². The van der Waals surface area contributed by atoms with Gasteiger partial charge in [-0.3, -0.25) is 0 Å². The highest BCUT2D eigenvalue weighted by Gasteiger charge is 2.34. The second kappa shape index (κ2) is 2.99. The van der Waals surface area contributed by atoms with E-state index in [9.17, 15) is 9.90 Å². The quantitative estimate of drug-likeness (QED) is 0.662. The molecule has 0 saturated heterocycles. The van der Waals surface area contributed by atoms with Gasteiger partial charge < -0.3 is 9.84 Å². The van der Waals surface area contributed by atoms with E-state index in [-0.39, 0.29) is 5.75 Å². The molecule has 80 valence electrons. The predicted molar refractivity (Wildman–Crippen MR) is 56.0 cm³/mol. The van der Waals surface area contributed by atoms with Crippen LogP contribution in [0.3, 0.4) is 0 Å². The molecule has 0 saturated carbocycles. The van der Waals surface area contributed by atoms with E-state index >= 15 is 0 Å². The topological polar surface area (TPSA) is 46.5 Å². The third kappa shape index (κ3) is 1.58. The van der Waals surface area contributed by atoms with Crippen LogP contribution in [-0.4, -0.2) is 16.7 Å². The number of phenols is 1. The molecule has 1 aromatic carbocycles. The zero-order chi connectivity index (χ0) is 11.2. The number of ether oxygens (including phenoxy) is 1. The van der Waals surface area contributed by atoms with Crippen molar-refractivity contribution in [3.63, 3.8) is 0 Å². The first-order valence-corrected chi connectivity index (χ1v) is 4.95. The molecular formula is C12H14O3. The van der Waals surface area contributed by atoms with Crippen LogP contribution < -0.4 is 0 Å². The van der Waals surface area contributed by atoms with Crippen molar-refractivity contribution in [1.82, 2.24) is 0 Å². The smallest absolute Gasteiger partial charge is 0.342 e. The number of phenolic OH excluding ortho intramolecular Hbond substituents is 1. The third-order valence-electron chi connectivity index (χ3n) is 2.70. The van der Waals surface area contributed by atoms with Crippen LogP contribution in [0.5, 0.6) is 5.75 Å². The minimum Gasteiger partial charge on any atom is -0.507 e. The van der Waals surface area contributed by atoms with E-state index in [1.54, 1.807) is 0 Å². The second-order valence-corrected chi connectivity index (χ2v) is 4.58. The van der Waals surface area contributed by atoms with E-state index in [1.807, 2.05) is 26.8 Å². The van der Waals surface area contributed by atoms with Gasteiger partial charge >= 0.3 is 5.97 Å². The number of fused-ring (bicyclic) bond motifs is 1.